The minimum atomic E-state index is -0.281. The fraction of sp³-hybridized carbons (Fsp3) is 0.560. The van der Waals surface area contributed by atoms with Crippen LogP contribution in [0.2, 0.25) is 5.02 Å². The summed E-state index contributed by atoms with van der Waals surface area (Å²) in [6.07, 6.45) is 5.47. The van der Waals surface area contributed by atoms with E-state index in [0.717, 1.165) is 36.2 Å². The lowest BCUT2D eigenvalue weighted by Crippen LogP contribution is -2.53. The quantitative estimate of drug-likeness (QED) is 0.621. The number of nitrogens with zero attached hydrogens (tertiary/aromatic N) is 2. The Morgan fingerprint density at radius 3 is 2.71 bits per heavy atom. The Morgan fingerprint density at radius 2 is 2.00 bits per heavy atom. The van der Waals surface area contributed by atoms with Crippen molar-refractivity contribution in [3.05, 3.63) is 39.8 Å². The summed E-state index contributed by atoms with van der Waals surface area (Å²) >= 11 is 7.73. The van der Waals surface area contributed by atoms with Gasteiger partial charge < -0.3 is 19.9 Å². The zero-order chi connectivity index (χ0) is 24.2. The number of amides is 3. The number of carbonyl (C=O) groups excluding carboxylic acids is 3. The van der Waals surface area contributed by atoms with E-state index < -0.39 is 0 Å². The number of carbonyl (C=O) groups is 3. The van der Waals surface area contributed by atoms with Gasteiger partial charge in [-0.2, -0.15) is 0 Å². The van der Waals surface area contributed by atoms with E-state index >= 15 is 0 Å². The SMILES string of the molecule is CCOC(=O)N1CCC(NC(=O)C2CCC3S/C(=C\c4cccc(Cl)c4)C(=O)N(C)C3C2)CC1. The number of benzene rings is 1. The molecule has 1 aromatic carbocycles. The Kier molecular flexibility index (Phi) is 8.09. The van der Waals surface area contributed by atoms with Crippen LogP contribution in [0.5, 0.6) is 0 Å². The Balaban J connectivity index is 1.32. The second-order valence-electron chi connectivity index (χ2n) is 9.18. The van der Waals surface area contributed by atoms with Gasteiger partial charge >= 0.3 is 6.09 Å². The first-order chi connectivity index (χ1) is 16.4. The van der Waals surface area contributed by atoms with Crippen LogP contribution in [0.4, 0.5) is 4.79 Å². The van der Waals surface area contributed by atoms with Crippen molar-refractivity contribution >= 4 is 47.3 Å². The number of hydrogen-bond acceptors (Lipinski definition) is 5. The second kappa shape index (κ2) is 11.0. The van der Waals surface area contributed by atoms with Crippen molar-refractivity contribution in [3.8, 4) is 0 Å². The third-order valence-electron chi connectivity index (χ3n) is 6.95. The fourth-order valence-corrected chi connectivity index (χ4v) is 6.70. The maximum Gasteiger partial charge on any atom is 0.409 e. The van der Waals surface area contributed by atoms with E-state index in [1.54, 1.807) is 23.6 Å². The molecule has 0 aromatic heterocycles. The highest BCUT2D eigenvalue weighted by Crippen LogP contribution is 2.43. The number of fused-ring (bicyclic) bond motifs is 1. The predicted molar refractivity (Wildman–Crippen MR) is 134 cm³/mol. The van der Waals surface area contributed by atoms with Crippen LogP contribution in [0.25, 0.3) is 6.08 Å². The third kappa shape index (κ3) is 5.71. The average molecular weight is 506 g/mol. The first kappa shape index (κ1) is 24.9. The van der Waals surface area contributed by atoms with Crippen LogP contribution in [-0.2, 0) is 14.3 Å². The van der Waals surface area contributed by atoms with Gasteiger partial charge in [-0.3, -0.25) is 9.59 Å². The van der Waals surface area contributed by atoms with Crippen LogP contribution in [-0.4, -0.2) is 71.8 Å². The summed E-state index contributed by atoms with van der Waals surface area (Å²) in [7, 11) is 1.84. The van der Waals surface area contributed by atoms with Gasteiger partial charge in [0.1, 0.15) is 0 Å². The topological polar surface area (TPSA) is 79.0 Å². The Bertz CT molecular complexity index is 963. The predicted octanol–water partition coefficient (Wildman–Crippen LogP) is 4.16. The average Bonchev–Trinajstić information content (AvgIpc) is 2.83. The number of thioether (sulfide) groups is 1. The molecule has 3 amide bonds. The highest BCUT2D eigenvalue weighted by atomic mass is 35.5. The van der Waals surface area contributed by atoms with Gasteiger partial charge in [0.25, 0.3) is 5.91 Å². The number of hydrogen-bond donors (Lipinski definition) is 1. The number of likely N-dealkylation sites (tertiary alicyclic amines) is 1. The molecule has 34 heavy (non-hydrogen) atoms. The van der Waals surface area contributed by atoms with Gasteiger partial charge in [0.2, 0.25) is 5.91 Å². The normalized spacial score (nSPS) is 26.9. The number of rotatable bonds is 4. The van der Waals surface area contributed by atoms with Gasteiger partial charge in [-0.25, -0.2) is 4.79 Å². The van der Waals surface area contributed by atoms with Crippen molar-refractivity contribution in [3.63, 3.8) is 0 Å². The lowest BCUT2D eigenvalue weighted by atomic mass is 9.83. The molecular formula is C25H32ClN3O4S. The van der Waals surface area contributed by atoms with Crippen LogP contribution in [0.1, 0.15) is 44.6 Å². The number of ether oxygens (including phenoxy) is 1. The Labute approximate surface area is 210 Å². The monoisotopic (exact) mass is 505 g/mol. The summed E-state index contributed by atoms with van der Waals surface area (Å²) in [5.74, 6) is -0.0311. The molecule has 1 aromatic rings. The number of likely N-dealkylation sites (N-methyl/N-ethyl adjacent to an activating group) is 1. The maximum atomic E-state index is 13.1. The van der Waals surface area contributed by atoms with E-state index in [4.69, 9.17) is 16.3 Å². The zero-order valence-electron chi connectivity index (χ0n) is 19.7. The van der Waals surface area contributed by atoms with Crippen LogP contribution < -0.4 is 5.32 Å². The summed E-state index contributed by atoms with van der Waals surface area (Å²) in [5, 5.41) is 4.12. The van der Waals surface area contributed by atoms with E-state index in [1.165, 1.54) is 0 Å². The van der Waals surface area contributed by atoms with E-state index in [-0.39, 0.29) is 41.2 Å². The highest BCUT2D eigenvalue weighted by molar-refractivity contribution is 8.04. The van der Waals surface area contributed by atoms with Gasteiger partial charge in [-0.1, -0.05) is 23.7 Å². The minimum absolute atomic E-state index is 0.00128. The van der Waals surface area contributed by atoms with E-state index in [9.17, 15) is 14.4 Å². The van der Waals surface area contributed by atoms with Crippen molar-refractivity contribution in [2.24, 2.45) is 5.92 Å². The van der Waals surface area contributed by atoms with Gasteiger partial charge in [0, 0.05) is 48.4 Å². The summed E-state index contributed by atoms with van der Waals surface area (Å²) < 4.78 is 5.06. The molecule has 2 aliphatic heterocycles. The van der Waals surface area contributed by atoms with Gasteiger partial charge in [0.15, 0.2) is 0 Å². The van der Waals surface area contributed by atoms with Crippen molar-refractivity contribution in [2.75, 3.05) is 26.7 Å². The van der Waals surface area contributed by atoms with Crippen LogP contribution in [0.15, 0.2) is 29.2 Å². The molecule has 3 unspecified atom stereocenters. The molecule has 0 radical (unpaired) electrons. The van der Waals surface area contributed by atoms with Crippen molar-refractivity contribution < 1.29 is 19.1 Å². The molecule has 9 heteroatoms. The molecule has 184 valence electrons. The Hall–Kier alpha value is -2.19. The van der Waals surface area contributed by atoms with Crippen LogP contribution in [0, 0.1) is 5.92 Å². The molecule has 2 saturated heterocycles. The molecule has 3 atom stereocenters. The third-order valence-corrected chi connectivity index (χ3v) is 8.58. The lowest BCUT2D eigenvalue weighted by molar-refractivity contribution is -0.132. The molecule has 1 N–H and O–H groups in total. The van der Waals surface area contributed by atoms with Gasteiger partial charge in [-0.05, 0) is 62.8 Å². The van der Waals surface area contributed by atoms with Gasteiger partial charge in [0.05, 0.1) is 11.5 Å². The number of nitrogens with one attached hydrogen (secondary N) is 1. The molecule has 2 heterocycles. The summed E-state index contributed by atoms with van der Waals surface area (Å²) in [6.45, 7) is 3.35. The standard InChI is InChI=1S/C25H32ClN3O4S/c1-3-33-25(32)29-11-9-19(10-12-29)27-23(30)17-7-8-21-20(15-17)28(2)24(31)22(34-21)14-16-5-4-6-18(26)13-16/h4-6,13-14,17,19-21H,3,7-12,15H2,1-2H3,(H,27,30)/b22-14-. The first-order valence-corrected chi connectivity index (χ1v) is 13.2. The highest BCUT2D eigenvalue weighted by Gasteiger charge is 2.43. The van der Waals surface area contributed by atoms with E-state index in [1.807, 2.05) is 42.3 Å². The van der Waals surface area contributed by atoms with Crippen molar-refractivity contribution in [2.45, 2.75) is 56.4 Å². The molecule has 0 bridgehead atoms. The molecule has 4 rings (SSSR count). The maximum absolute atomic E-state index is 13.1. The molecule has 7 nitrogen and oxygen atoms in total. The fourth-order valence-electron chi connectivity index (χ4n) is 5.02. The van der Waals surface area contributed by atoms with Crippen molar-refractivity contribution in [1.82, 2.24) is 15.1 Å². The van der Waals surface area contributed by atoms with Crippen LogP contribution >= 0.6 is 23.4 Å². The minimum Gasteiger partial charge on any atom is -0.450 e. The first-order valence-electron chi connectivity index (χ1n) is 12.0. The largest absolute Gasteiger partial charge is 0.450 e. The zero-order valence-corrected chi connectivity index (χ0v) is 21.2. The lowest BCUT2D eigenvalue weighted by Gasteiger charge is -2.44. The smallest absolute Gasteiger partial charge is 0.409 e. The number of halogens is 1. The molecular weight excluding hydrogens is 474 g/mol. The second-order valence-corrected chi connectivity index (χ2v) is 10.9. The molecule has 1 aliphatic carbocycles. The van der Waals surface area contributed by atoms with Gasteiger partial charge in [-0.15, -0.1) is 11.8 Å². The summed E-state index contributed by atoms with van der Waals surface area (Å²) in [4.78, 5) is 42.2. The Morgan fingerprint density at radius 1 is 1.24 bits per heavy atom. The van der Waals surface area contributed by atoms with Crippen LogP contribution in [0.3, 0.4) is 0 Å². The van der Waals surface area contributed by atoms with E-state index in [0.29, 0.717) is 31.1 Å². The molecule has 3 aliphatic rings. The van der Waals surface area contributed by atoms with Crippen molar-refractivity contribution in [1.29, 1.82) is 0 Å². The number of piperidine rings is 1. The molecule has 3 fully saturated rings. The van der Waals surface area contributed by atoms with E-state index in [2.05, 4.69) is 5.32 Å². The summed E-state index contributed by atoms with van der Waals surface area (Å²) in [6, 6.07) is 7.61. The summed E-state index contributed by atoms with van der Waals surface area (Å²) in [5.41, 5.74) is 0.914. The molecule has 1 saturated carbocycles. The molecule has 0 spiro atoms.